The van der Waals surface area contributed by atoms with Crippen LogP contribution in [0.3, 0.4) is 0 Å². The summed E-state index contributed by atoms with van der Waals surface area (Å²) >= 11 is 0. The lowest BCUT2D eigenvalue weighted by Crippen LogP contribution is -2.43. The summed E-state index contributed by atoms with van der Waals surface area (Å²) in [6.45, 7) is 7.21. The second-order valence-corrected chi connectivity index (χ2v) is 5.40. The highest BCUT2D eigenvalue weighted by molar-refractivity contribution is 5.76. The Morgan fingerprint density at radius 2 is 2.00 bits per heavy atom. The molecule has 2 fully saturated rings. The van der Waals surface area contributed by atoms with E-state index in [2.05, 4.69) is 13.8 Å². The van der Waals surface area contributed by atoms with Crippen LogP contribution < -0.4 is 0 Å². The third-order valence-electron chi connectivity index (χ3n) is 3.50. The van der Waals surface area contributed by atoms with Gasteiger partial charge in [-0.05, 0) is 18.8 Å². The summed E-state index contributed by atoms with van der Waals surface area (Å²) in [5.41, 5.74) is 0. The second-order valence-electron chi connectivity index (χ2n) is 5.40. The van der Waals surface area contributed by atoms with Gasteiger partial charge in [-0.3, -0.25) is 4.79 Å². The highest BCUT2D eigenvalue weighted by Gasteiger charge is 2.36. The van der Waals surface area contributed by atoms with E-state index in [1.165, 1.54) is 0 Å². The van der Waals surface area contributed by atoms with Gasteiger partial charge in [0.1, 0.15) is 6.23 Å². The van der Waals surface area contributed by atoms with Crippen LogP contribution in [0.2, 0.25) is 0 Å². The fourth-order valence-electron chi connectivity index (χ4n) is 2.61. The number of hydrogen-bond acceptors (Lipinski definition) is 3. The molecule has 0 aromatic heterocycles. The number of amides is 1. The molecule has 0 aromatic carbocycles. The average Bonchev–Trinajstić information content (AvgIpc) is 2.78. The predicted molar refractivity (Wildman–Crippen MR) is 64.5 cm³/mol. The first-order chi connectivity index (χ1) is 8.18. The molecule has 0 saturated carbocycles. The monoisotopic (exact) mass is 241 g/mol. The standard InChI is InChI=1S/C13H23NO3/c1-10(2)9-12(15)14-5-8-17-13(14)11-3-6-16-7-4-11/h10-11,13H,3-9H2,1-2H3. The van der Waals surface area contributed by atoms with Crippen LogP contribution in [0.15, 0.2) is 0 Å². The maximum atomic E-state index is 12.1. The number of ether oxygens (including phenoxy) is 2. The van der Waals surface area contributed by atoms with E-state index >= 15 is 0 Å². The number of rotatable bonds is 3. The molecular formula is C13H23NO3. The lowest BCUT2D eigenvalue weighted by atomic mass is 9.97. The zero-order chi connectivity index (χ0) is 12.3. The number of carbonyl (C=O) groups is 1. The molecule has 4 nitrogen and oxygen atoms in total. The molecule has 2 aliphatic heterocycles. The van der Waals surface area contributed by atoms with Crippen molar-refractivity contribution < 1.29 is 14.3 Å². The third-order valence-corrected chi connectivity index (χ3v) is 3.50. The minimum Gasteiger partial charge on any atom is -0.381 e. The minimum absolute atomic E-state index is 0.00477. The van der Waals surface area contributed by atoms with E-state index in [1.807, 2.05) is 4.90 Å². The molecule has 0 N–H and O–H groups in total. The van der Waals surface area contributed by atoms with E-state index in [0.717, 1.165) is 32.6 Å². The summed E-state index contributed by atoms with van der Waals surface area (Å²) < 4.78 is 11.1. The summed E-state index contributed by atoms with van der Waals surface area (Å²) in [6.07, 6.45) is 2.65. The quantitative estimate of drug-likeness (QED) is 0.754. The van der Waals surface area contributed by atoms with Crippen molar-refractivity contribution in [3.8, 4) is 0 Å². The summed E-state index contributed by atoms with van der Waals surface area (Å²) in [5.74, 6) is 1.12. The highest BCUT2D eigenvalue weighted by Crippen LogP contribution is 2.27. The van der Waals surface area contributed by atoms with Gasteiger partial charge < -0.3 is 14.4 Å². The Balaban J connectivity index is 1.93. The Labute approximate surface area is 103 Å². The lowest BCUT2D eigenvalue weighted by Gasteiger charge is -2.32. The van der Waals surface area contributed by atoms with Crippen molar-refractivity contribution >= 4 is 5.91 Å². The number of carbonyl (C=O) groups excluding carboxylic acids is 1. The van der Waals surface area contributed by atoms with E-state index in [0.29, 0.717) is 24.9 Å². The molecule has 1 atom stereocenters. The topological polar surface area (TPSA) is 38.8 Å². The van der Waals surface area contributed by atoms with Crippen LogP contribution in [0.25, 0.3) is 0 Å². The Hall–Kier alpha value is -0.610. The molecule has 17 heavy (non-hydrogen) atoms. The van der Waals surface area contributed by atoms with E-state index in [-0.39, 0.29) is 12.1 Å². The van der Waals surface area contributed by atoms with Gasteiger partial charge in [0.05, 0.1) is 6.61 Å². The van der Waals surface area contributed by atoms with Crippen LogP contribution in [0.4, 0.5) is 0 Å². The lowest BCUT2D eigenvalue weighted by molar-refractivity contribution is -0.141. The Bertz CT molecular complexity index is 261. The van der Waals surface area contributed by atoms with Crippen molar-refractivity contribution in [3.05, 3.63) is 0 Å². The first kappa shape index (κ1) is 12.8. The van der Waals surface area contributed by atoms with Gasteiger partial charge in [0.15, 0.2) is 0 Å². The van der Waals surface area contributed by atoms with Crippen LogP contribution in [0, 0.1) is 11.8 Å². The number of nitrogens with zero attached hydrogens (tertiary/aromatic N) is 1. The molecular weight excluding hydrogens is 218 g/mol. The summed E-state index contributed by atoms with van der Waals surface area (Å²) in [6, 6.07) is 0. The van der Waals surface area contributed by atoms with Crippen LogP contribution in [0.5, 0.6) is 0 Å². The van der Waals surface area contributed by atoms with Crippen LogP contribution in [-0.4, -0.2) is 43.4 Å². The van der Waals surface area contributed by atoms with Crippen LogP contribution in [0.1, 0.15) is 33.1 Å². The van der Waals surface area contributed by atoms with Gasteiger partial charge in [-0.2, -0.15) is 0 Å². The largest absolute Gasteiger partial charge is 0.381 e. The van der Waals surface area contributed by atoms with Gasteiger partial charge in [-0.1, -0.05) is 13.8 Å². The smallest absolute Gasteiger partial charge is 0.224 e. The first-order valence-electron chi connectivity index (χ1n) is 6.67. The zero-order valence-electron chi connectivity index (χ0n) is 10.9. The molecule has 2 aliphatic rings. The first-order valence-corrected chi connectivity index (χ1v) is 6.67. The zero-order valence-corrected chi connectivity index (χ0v) is 10.9. The predicted octanol–water partition coefficient (Wildman–Crippen LogP) is 1.64. The van der Waals surface area contributed by atoms with E-state index in [1.54, 1.807) is 0 Å². The molecule has 98 valence electrons. The molecule has 2 heterocycles. The van der Waals surface area contributed by atoms with E-state index in [9.17, 15) is 4.79 Å². The number of hydrogen-bond donors (Lipinski definition) is 0. The van der Waals surface area contributed by atoms with Gasteiger partial charge in [0.25, 0.3) is 0 Å². The Kier molecular flexibility index (Phi) is 4.40. The molecule has 2 saturated heterocycles. The van der Waals surface area contributed by atoms with Gasteiger partial charge in [0, 0.05) is 32.1 Å². The third kappa shape index (κ3) is 3.19. The molecule has 4 heteroatoms. The summed E-state index contributed by atoms with van der Waals surface area (Å²) in [7, 11) is 0. The SMILES string of the molecule is CC(C)CC(=O)N1CCOC1C1CCOCC1. The van der Waals surface area contributed by atoms with E-state index in [4.69, 9.17) is 9.47 Å². The van der Waals surface area contributed by atoms with Crippen LogP contribution >= 0.6 is 0 Å². The minimum atomic E-state index is 0.00477. The normalized spacial score (nSPS) is 26.8. The van der Waals surface area contributed by atoms with Crippen molar-refractivity contribution in [2.45, 2.75) is 39.3 Å². The van der Waals surface area contributed by atoms with Gasteiger partial charge in [-0.25, -0.2) is 0 Å². The molecule has 2 rings (SSSR count). The average molecular weight is 241 g/mol. The molecule has 0 bridgehead atoms. The van der Waals surface area contributed by atoms with Crippen molar-refractivity contribution in [1.29, 1.82) is 0 Å². The maximum absolute atomic E-state index is 12.1. The van der Waals surface area contributed by atoms with Gasteiger partial charge in [0.2, 0.25) is 5.91 Å². The Morgan fingerprint density at radius 3 is 2.65 bits per heavy atom. The Morgan fingerprint density at radius 1 is 1.29 bits per heavy atom. The molecule has 1 unspecified atom stereocenters. The maximum Gasteiger partial charge on any atom is 0.224 e. The molecule has 1 amide bonds. The molecule has 0 radical (unpaired) electrons. The fourth-order valence-corrected chi connectivity index (χ4v) is 2.61. The second kappa shape index (κ2) is 5.83. The van der Waals surface area contributed by atoms with E-state index < -0.39 is 0 Å². The van der Waals surface area contributed by atoms with Crippen molar-refractivity contribution in [2.75, 3.05) is 26.4 Å². The summed E-state index contributed by atoms with van der Waals surface area (Å²) in [5, 5.41) is 0. The van der Waals surface area contributed by atoms with Crippen LogP contribution in [-0.2, 0) is 14.3 Å². The van der Waals surface area contributed by atoms with Crippen molar-refractivity contribution in [2.24, 2.45) is 11.8 Å². The van der Waals surface area contributed by atoms with Crippen molar-refractivity contribution in [1.82, 2.24) is 4.90 Å². The molecule has 0 spiro atoms. The highest BCUT2D eigenvalue weighted by atomic mass is 16.5. The van der Waals surface area contributed by atoms with Crippen molar-refractivity contribution in [3.63, 3.8) is 0 Å². The fraction of sp³-hybridized carbons (Fsp3) is 0.923. The van der Waals surface area contributed by atoms with Gasteiger partial charge >= 0.3 is 0 Å². The van der Waals surface area contributed by atoms with Gasteiger partial charge in [-0.15, -0.1) is 0 Å². The summed E-state index contributed by atoms with van der Waals surface area (Å²) in [4.78, 5) is 14.1. The molecule has 0 aromatic rings. The molecule has 0 aliphatic carbocycles.